The fraction of sp³-hybridized carbons (Fsp3) is 0.211. The molecule has 0 spiro atoms. The maximum atomic E-state index is 12.5. The summed E-state index contributed by atoms with van der Waals surface area (Å²) in [5.74, 6) is -0.164. The number of nitrogens with two attached hydrogens (primary N) is 1. The molecule has 28 heavy (non-hydrogen) atoms. The number of benzene rings is 2. The number of hydrogen-bond acceptors (Lipinski definition) is 6. The van der Waals surface area contributed by atoms with E-state index in [1.807, 2.05) is 0 Å². The zero-order valence-electron chi connectivity index (χ0n) is 15.3. The van der Waals surface area contributed by atoms with E-state index in [-0.39, 0.29) is 18.3 Å². The molecule has 0 aliphatic carbocycles. The lowest BCUT2D eigenvalue weighted by molar-refractivity contribution is -0.122. The number of anilines is 2. The van der Waals surface area contributed by atoms with Gasteiger partial charge in [-0.25, -0.2) is 0 Å². The third kappa shape index (κ3) is 4.14. The van der Waals surface area contributed by atoms with Gasteiger partial charge >= 0.3 is 0 Å². The summed E-state index contributed by atoms with van der Waals surface area (Å²) < 4.78 is 15.9. The molecule has 3 rings (SSSR count). The van der Waals surface area contributed by atoms with E-state index in [4.69, 9.17) is 19.9 Å². The topological polar surface area (TPSA) is 129 Å². The molecule has 4 N–H and O–H groups in total. The second-order valence-electron chi connectivity index (χ2n) is 6.04. The molecular formula is C19H19N3O6. The monoisotopic (exact) mass is 385 g/mol. The Morgan fingerprint density at radius 3 is 2.71 bits per heavy atom. The SMILES string of the molecule is COc1cc(C(=O)Nc2ccc3c(c2)NC(=O)[C@H](C)O3)ccc1OCC(N)=O. The number of ether oxygens (including phenoxy) is 3. The van der Waals surface area contributed by atoms with Crippen molar-refractivity contribution in [2.75, 3.05) is 24.4 Å². The molecule has 0 radical (unpaired) electrons. The van der Waals surface area contributed by atoms with Gasteiger partial charge in [0.1, 0.15) is 5.75 Å². The van der Waals surface area contributed by atoms with Gasteiger partial charge in [0, 0.05) is 11.3 Å². The summed E-state index contributed by atoms with van der Waals surface area (Å²) in [4.78, 5) is 35.1. The summed E-state index contributed by atoms with van der Waals surface area (Å²) in [6.45, 7) is 1.35. The second kappa shape index (κ2) is 7.87. The van der Waals surface area contributed by atoms with Crippen molar-refractivity contribution in [3.05, 3.63) is 42.0 Å². The Morgan fingerprint density at radius 2 is 2.00 bits per heavy atom. The van der Waals surface area contributed by atoms with E-state index in [9.17, 15) is 14.4 Å². The van der Waals surface area contributed by atoms with Gasteiger partial charge in [-0.3, -0.25) is 14.4 Å². The normalized spacial score (nSPS) is 14.9. The van der Waals surface area contributed by atoms with Crippen LogP contribution >= 0.6 is 0 Å². The number of rotatable bonds is 6. The fourth-order valence-corrected chi connectivity index (χ4v) is 2.57. The number of hydrogen-bond donors (Lipinski definition) is 3. The van der Waals surface area contributed by atoms with Crippen LogP contribution < -0.4 is 30.6 Å². The first-order valence-electron chi connectivity index (χ1n) is 8.39. The van der Waals surface area contributed by atoms with Crippen molar-refractivity contribution in [1.29, 1.82) is 0 Å². The van der Waals surface area contributed by atoms with Crippen molar-refractivity contribution in [2.24, 2.45) is 5.73 Å². The van der Waals surface area contributed by atoms with Gasteiger partial charge in [0.2, 0.25) is 0 Å². The molecule has 0 fully saturated rings. The maximum Gasteiger partial charge on any atom is 0.265 e. The third-order valence-electron chi connectivity index (χ3n) is 3.96. The Hall–Kier alpha value is -3.75. The number of primary amides is 1. The lowest BCUT2D eigenvalue weighted by atomic mass is 10.1. The summed E-state index contributed by atoms with van der Waals surface area (Å²) in [6.07, 6.45) is -0.573. The first-order valence-corrected chi connectivity index (χ1v) is 8.39. The summed E-state index contributed by atoms with van der Waals surface area (Å²) in [7, 11) is 1.42. The van der Waals surface area contributed by atoms with Gasteiger partial charge in [-0.15, -0.1) is 0 Å². The third-order valence-corrected chi connectivity index (χ3v) is 3.96. The predicted molar refractivity (Wildman–Crippen MR) is 101 cm³/mol. The molecule has 9 heteroatoms. The van der Waals surface area contributed by atoms with Crippen molar-refractivity contribution in [3.63, 3.8) is 0 Å². The Balaban J connectivity index is 1.75. The Kier molecular flexibility index (Phi) is 5.35. The van der Waals surface area contributed by atoms with E-state index in [2.05, 4.69) is 10.6 Å². The molecule has 1 aliphatic heterocycles. The van der Waals surface area contributed by atoms with E-state index in [1.165, 1.54) is 25.3 Å². The van der Waals surface area contributed by atoms with Crippen LogP contribution in [0.15, 0.2) is 36.4 Å². The fourth-order valence-electron chi connectivity index (χ4n) is 2.57. The van der Waals surface area contributed by atoms with Gasteiger partial charge < -0.3 is 30.6 Å². The smallest absolute Gasteiger partial charge is 0.265 e. The molecule has 146 valence electrons. The van der Waals surface area contributed by atoms with E-state index in [0.29, 0.717) is 28.4 Å². The lowest BCUT2D eigenvalue weighted by Gasteiger charge is -2.23. The van der Waals surface area contributed by atoms with Crippen LogP contribution in [0.4, 0.5) is 11.4 Å². The molecule has 3 amide bonds. The van der Waals surface area contributed by atoms with Crippen LogP contribution in [0.5, 0.6) is 17.2 Å². The van der Waals surface area contributed by atoms with Crippen molar-refractivity contribution >= 4 is 29.1 Å². The maximum absolute atomic E-state index is 12.5. The highest BCUT2D eigenvalue weighted by molar-refractivity contribution is 6.05. The molecule has 1 aliphatic rings. The van der Waals surface area contributed by atoms with Gasteiger partial charge in [-0.05, 0) is 43.3 Å². The second-order valence-corrected chi connectivity index (χ2v) is 6.04. The molecule has 0 bridgehead atoms. The van der Waals surface area contributed by atoms with Crippen molar-refractivity contribution in [2.45, 2.75) is 13.0 Å². The van der Waals surface area contributed by atoms with Gasteiger partial charge in [0.25, 0.3) is 17.7 Å². The Labute approximate surface area is 160 Å². The van der Waals surface area contributed by atoms with Crippen molar-refractivity contribution in [3.8, 4) is 17.2 Å². The molecular weight excluding hydrogens is 366 g/mol. The molecule has 0 saturated carbocycles. The number of nitrogens with one attached hydrogen (secondary N) is 2. The number of methoxy groups -OCH3 is 1. The van der Waals surface area contributed by atoms with Crippen LogP contribution in [0, 0.1) is 0 Å². The standard InChI is InChI=1S/C19H19N3O6/c1-10-18(24)22-13-8-12(4-6-14(13)28-10)21-19(25)11-3-5-15(16(7-11)26-2)27-9-17(20)23/h3-8,10H,9H2,1-2H3,(H2,20,23)(H,21,25)(H,22,24)/t10-/m0/s1. The highest BCUT2D eigenvalue weighted by atomic mass is 16.5. The zero-order valence-corrected chi connectivity index (χ0v) is 15.3. The highest BCUT2D eigenvalue weighted by Crippen LogP contribution is 2.33. The minimum atomic E-state index is -0.623. The lowest BCUT2D eigenvalue weighted by Crippen LogP contribution is -2.34. The van der Waals surface area contributed by atoms with Crippen LogP contribution in [-0.2, 0) is 9.59 Å². The summed E-state index contributed by atoms with van der Waals surface area (Å²) in [6, 6.07) is 9.47. The number of carbonyl (C=O) groups is 3. The van der Waals surface area contributed by atoms with Gasteiger partial charge in [-0.1, -0.05) is 0 Å². The molecule has 1 heterocycles. The Bertz CT molecular complexity index is 943. The molecule has 2 aromatic carbocycles. The van der Waals surface area contributed by atoms with Crippen molar-refractivity contribution < 1.29 is 28.6 Å². The van der Waals surface area contributed by atoms with E-state index in [0.717, 1.165) is 0 Å². The molecule has 2 aromatic rings. The minimum Gasteiger partial charge on any atom is -0.493 e. The average Bonchev–Trinajstić information content (AvgIpc) is 2.67. The molecule has 9 nitrogen and oxygen atoms in total. The molecule has 1 atom stereocenters. The summed E-state index contributed by atoms with van der Waals surface area (Å²) in [5, 5.41) is 5.46. The first kappa shape index (κ1) is 19.0. The first-order chi connectivity index (χ1) is 13.4. The molecule has 0 aromatic heterocycles. The van der Waals surface area contributed by atoms with Crippen LogP contribution in [0.2, 0.25) is 0 Å². The zero-order chi connectivity index (χ0) is 20.3. The molecule has 0 saturated heterocycles. The Morgan fingerprint density at radius 1 is 1.21 bits per heavy atom. The van der Waals surface area contributed by atoms with Crippen LogP contribution in [-0.4, -0.2) is 37.5 Å². The summed E-state index contributed by atoms with van der Waals surface area (Å²) in [5.41, 5.74) is 6.33. The highest BCUT2D eigenvalue weighted by Gasteiger charge is 2.23. The molecule has 0 unspecified atom stereocenters. The van der Waals surface area contributed by atoms with E-state index >= 15 is 0 Å². The van der Waals surface area contributed by atoms with Gasteiger partial charge in [0.05, 0.1) is 12.8 Å². The summed E-state index contributed by atoms with van der Waals surface area (Å²) >= 11 is 0. The van der Waals surface area contributed by atoms with Gasteiger partial charge in [-0.2, -0.15) is 0 Å². The quantitative estimate of drug-likeness (QED) is 0.692. The van der Waals surface area contributed by atoms with Crippen molar-refractivity contribution in [1.82, 2.24) is 0 Å². The van der Waals surface area contributed by atoms with Gasteiger partial charge in [0.15, 0.2) is 24.2 Å². The predicted octanol–water partition coefficient (Wildman–Crippen LogP) is 1.53. The number of amides is 3. The largest absolute Gasteiger partial charge is 0.493 e. The van der Waals surface area contributed by atoms with E-state index < -0.39 is 17.9 Å². The minimum absolute atomic E-state index is 0.257. The van der Waals surface area contributed by atoms with Crippen LogP contribution in [0.1, 0.15) is 17.3 Å². The van der Waals surface area contributed by atoms with Crippen LogP contribution in [0.25, 0.3) is 0 Å². The van der Waals surface area contributed by atoms with Crippen LogP contribution in [0.3, 0.4) is 0 Å². The number of carbonyl (C=O) groups excluding carboxylic acids is 3. The number of fused-ring (bicyclic) bond motifs is 1. The average molecular weight is 385 g/mol. The van der Waals surface area contributed by atoms with E-state index in [1.54, 1.807) is 25.1 Å².